The van der Waals surface area contributed by atoms with E-state index >= 15 is 0 Å². The summed E-state index contributed by atoms with van der Waals surface area (Å²) < 4.78 is 0. The van der Waals surface area contributed by atoms with Gasteiger partial charge in [-0.1, -0.05) is 24.3 Å². The molecule has 0 aromatic heterocycles. The largest absolute Gasteiger partial charge is 0.323 e. The van der Waals surface area contributed by atoms with E-state index in [1.165, 1.54) is 17.5 Å². The minimum Gasteiger partial charge on any atom is -0.323 e. The van der Waals surface area contributed by atoms with Crippen molar-refractivity contribution in [2.24, 2.45) is 0 Å². The van der Waals surface area contributed by atoms with Crippen LogP contribution in [-0.4, -0.2) is 14.1 Å². The third kappa shape index (κ3) is 1.58. The molecule has 2 aliphatic carbocycles. The first-order valence-electron chi connectivity index (χ1n) is 3.53. The van der Waals surface area contributed by atoms with E-state index in [0.717, 1.165) is 0 Å². The summed E-state index contributed by atoms with van der Waals surface area (Å²) in [6.45, 7) is 0. The summed E-state index contributed by atoms with van der Waals surface area (Å²) in [7, 11) is 3.75. The summed E-state index contributed by atoms with van der Waals surface area (Å²) in [6.07, 6.45) is 1.22. The Bertz CT molecular complexity index is 181. The predicted octanol–water partition coefficient (Wildman–Crippen LogP) is 1.43. The Labute approximate surface area is 62.1 Å². The van der Waals surface area contributed by atoms with E-state index in [9.17, 15) is 0 Å². The van der Waals surface area contributed by atoms with Gasteiger partial charge >= 0.3 is 0 Å². The van der Waals surface area contributed by atoms with Crippen molar-refractivity contribution >= 4 is 0 Å². The molecule has 0 atom stereocenters. The molecule has 0 aliphatic heterocycles. The lowest BCUT2D eigenvalue weighted by Gasteiger charge is -2.11. The van der Waals surface area contributed by atoms with Crippen molar-refractivity contribution in [3.8, 4) is 0 Å². The summed E-state index contributed by atoms with van der Waals surface area (Å²) in [6, 6.07) is 8.65. The van der Waals surface area contributed by atoms with Gasteiger partial charge in [-0.15, -0.1) is 0 Å². The van der Waals surface area contributed by atoms with Crippen molar-refractivity contribution in [3.63, 3.8) is 0 Å². The molecule has 1 N–H and O–H groups in total. The summed E-state index contributed by atoms with van der Waals surface area (Å²) >= 11 is 0. The molecule has 0 amide bonds. The highest BCUT2D eigenvalue weighted by Crippen LogP contribution is 2.18. The number of benzene rings is 1. The number of hydrogen-bond donors (Lipinski definition) is 1. The molecule has 0 heterocycles. The fourth-order valence-electron chi connectivity index (χ4n) is 0.954. The van der Waals surface area contributed by atoms with Crippen molar-refractivity contribution < 1.29 is 0 Å². The van der Waals surface area contributed by atoms with E-state index in [1.54, 1.807) is 0 Å². The van der Waals surface area contributed by atoms with Crippen LogP contribution in [-0.2, 0) is 6.42 Å². The Morgan fingerprint density at radius 3 is 1.70 bits per heavy atom. The van der Waals surface area contributed by atoms with Crippen LogP contribution in [0.2, 0.25) is 0 Å². The zero-order valence-electron chi connectivity index (χ0n) is 6.52. The van der Waals surface area contributed by atoms with Crippen LogP contribution in [0.1, 0.15) is 11.1 Å². The first-order valence-corrected chi connectivity index (χ1v) is 3.53. The van der Waals surface area contributed by atoms with Crippen LogP contribution in [0.25, 0.3) is 0 Å². The highest BCUT2D eigenvalue weighted by molar-refractivity contribution is 5.37. The summed E-state index contributed by atoms with van der Waals surface area (Å²) in [5.41, 5.74) is 2.97. The fraction of sp³-hybridized carbons (Fsp3) is 0.333. The first kappa shape index (κ1) is 7.29. The lowest BCUT2D eigenvalue weighted by molar-refractivity contribution is 1.02. The van der Waals surface area contributed by atoms with Crippen LogP contribution in [0, 0.1) is 0 Å². The summed E-state index contributed by atoms with van der Waals surface area (Å²) in [4.78, 5) is 0. The second-order valence-corrected chi connectivity index (χ2v) is 2.50. The minimum atomic E-state index is 1.22. The standard InChI is InChI=1S/C7H6.C2H7N/c1-2-6-4-7(3-1)5-6;1-3-2/h1-4H,5H2;3H,1-2H3. The Balaban J connectivity index is 0.000000148. The van der Waals surface area contributed by atoms with Gasteiger partial charge in [0.1, 0.15) is 0 Å². The van der Waals surface area contributed by atoms with Crippen LogP contribution in [0.15, 0.2) is 24.3 Å². The van der Waals surface area contributed by atoms with Crippen molar-refractivity contribution in [2.45, 2.75) is 6.42 Å². The van der Waals surface area contributed by atoms with E-state index in [0.29, 0.717) is 0 Å². The molecule has 1 aromatic carbocycles. The molecule has 0 radical (unpaired) electrons. The Kier molecular flexibility index (Phi) is 2.46. The molecule has 0 spiro atoms. The summed E-state index contributed by atoms with van der Waals surface area (Å²) in [5.74, 6) is 0. The molecule has 0 fully saturated rings. The molecule has 10 heavy (non-hydrogen) atoms. The number of fused-ring (bicyclic) bond motifs is 2. The average Bonchev–Trinajstić information content (AvgIpc) is 1.90. The van der Waals surface area contributed by atoms with Gasteiger partial charge in [-0.25, -0.2) is 0 Å². The van der Waals surface area contributed by atoms with Crippen LogP contribution in [0.3, 0.4) is 0 Å². The quantitative estimate of drug-likeness (QED) is 0.576. The molecule has 1 aromatic rings. The molecule has 54 valence electrons. The second kappa shape index (κ2) is 3.37. The molecule has 1 heteroatoms. The number of rotatable bonds is 0. The molecule has 0 saturated carbocycles. The van der Waals surface area contributed by atoms with Crippen LogP contribution in [0.4, 0.5) is 0 Å². The molecule has 2 aliphatic rings. The Hall–Kier alpha value is -0.820. The van der Waals surface area contributed by atoms with Gasteiger partial charge in [0.15, 0.2) is 0 Å². The molecule has 0 unspecified atom stereocenters. The Morgan fingerprint density at radius 1 is 1.20 bits per heavy atom. The fourth-order valence-corrected chi connectivity index (χ4v) is 0.954. The monoisotopic (exact) mass is 135 g/mol. The third-order valence-corrected chi connectivity index (χ3v) is 1.40. The van der Waals surface area contributed by atoms with E-state index in [4.69, 9.17) is 0 Å². The summed E-state index contributed by atoms with van der Waals surface area (Å²) in [5, 5.41) is 2.75. The average molecular weight is 135 g/mol. The highest BCUT2D eigenvalue weighted by Gasteiger charge is 2.04. The van der Waals surface area contributed by atoms with Gasteiger partial charge in [-0.3, -0.25) is 0 Å². The molecule has 0 saturated heterocycles. The van der Waals surface area contributed by atoms with Gasteiger partial charge < -0.3 is 5.32 Å². The maximum atomic E-state index is 2.75. The van der Waals surface area contributed by atoms with Gasteiger partial charge in [-0.2, -0.15) is 0 Å². The van der Waals surface area contributed by atoms with Crippen molar-refractivity contribution in [1.82, 2.24) is 5.32 Å². The number of nitrogens with one attached hydrogen (secondary N) is 1. The minimum absolute atomic E-state index is 1.22. The zero-order chi connectivity index (χ0) is 7.40. The van der Waals surface area contributed by atoms with Crippen molar-refractivity contribution in [3.05, 3.63) is 35.4 Å². The van der Waals surface area contributed by atoms with Gasteiger partial charge in [0.05, 0.1) is 0 Å². The van der Waals surface area contributed by atoms with Crippen molar-refractivity contribution in [1.29, 1.82) is 0 Å². The van der Waals surface area contributed by atoms with Gasteiger partial charge in [0, 0.05) is 0 Å². The maximum Gasteiger partial charge on any atom is -0.00256 e. The third-order valence-electron chi connectivity index (χ3n) is 1.40. The van der Waals surface area contributed by atoms with Gasteiger partial charge in [0.25, 0.3) is 0 Å². The lowest BCUT2D eigenvalue weighted by Crippen LogP contribution is -1.97. The predicted molar refractivity (Wildman–Crippen MR) is 44.2 cm³/mol. The van der Waals surface area contributed by atoms with Crippen LogP contribution in [0.5, 0.6) is 0 Å². The lowest BCUT2D eigenvalue weighted by atomic mass is 9.94. The molecule has 2 bridgehead atoms. The first-order chi connectivity index (χ1) is 4.86. The smallest absolute Gasteiger partial charge is 0.00256 e. The molecular weight excluding hydrogens is 122 g/mol. The molecular formula is C9H13N. The topological polar surface area (TPSA) is 12.0 Å². The molecule has 1 nitrogen and oxygen atoms in total. The highest BCUT2D eigenvalue weighted by atomic mass is 14.7. The number of hydrogen-bond acceptors (Lipinski definition) is 1. The van der Waals surface area contributed by atoms with E-state index in [1.807, 2.05) is 14.1 Å². The van der Waals surface area contributed by atoms with Gasteiger partial charge in [-0.05, 0) is 31.6 Å². The SMILES string of the molecule is CNC.c1cc2cc(c1)C2. The van der Waals surface area contributed by atoms with E-state index in [2.05, 4.69) is 29.6 Å². The van der Waals surface area contributed by atoms with Crippen molar-refractivity contribution in [2.75, 3.05) is 14.1 Å². The second-order valence-electron chi connectivity index (χ2n) is 2.50. The molecule has 3 rings (SSSR count). The van der Waals surface area contributed by atoms with Crippen LogP contribution < -0.4 is 5.32 Å². The van der Waals surface area contributed by atoms with Gasteiger partial charge in [0.2, 0.25) is 0 Å². The van der Waals surface area contributed by atoms with E-state index in [-0.39, 0.29) is 0 Å². The zero-order valence-corrected chi connectivity index (χ0v) is 6.52. The van der Waals surface area contributed by atoms with Crippen LogP contribution >= 0.6 is 0 Å². The Morgan fingerprint density at radius 2 is 1.60 bits per heavy atom. The maximum absolute atomic E-state index is 2.75. The van der Waals surface area contributed by atoms with E-state index < -0.39 is 0 Å². The normalized spacial score (nSPS) is 11.0.